The molecule has 4 heteroatoms. The first-order valence-corrected chi connectivity index (χ1v) is 7.09. The zero-order chi connectivity index (χ0) is 11.8. The van der Waals surface area contributed by atoms with Gasteiger partial charge in [0, 0.05) is 21.3 Å². The summed E-state index contributed by atoms with van der Waals surface area (Å²) in [5, 5.41) is 12.2. The van der Waals surface area contributed by atoms with E-state index in [1.165, 1.54) is 0 Å². The molecule has 0 radical (unpaired) electrons. The minimum atomic E-state index is -0.445. The normalized spacial score (nSPS) is 22.9. The molecule has 1 aliphatic heterocycles. The van der Waals surface area contributed by atoms with Crippen molar-refractivity contribution in [3.63, 3.8) is 0 Å². The summed E-state index contributed by atoms with van der Waals surface area (Å²) in [5.74, 6) is 0.775. The van der Waals surface area contributed by atoms with Crippen molar-refractivity contribution in [3.05, 3.63) is 50.6 Å². The molecular formula is C13H11BrO2S. The van der Waals surface area contributed by atoms with Crippen molar-refractivity contribution in [3.8, 4) is 5.75 Å². The average Bonchev–Trinajstić information content (AvgIpc) is 2.81. The Kier molecular flexibility index (Phi) is 2.94. The van der Waals surface area contributed by atoms with Gasteiger partial charge in [-0.2, -0.15) is 0 Å². The fraction of sp³-hybridized carbons (Fsp3) is 0.231. The minimum Gasteiger partial charge on any atom is -0.484 e. The Labute approximate surface area is 112 Å². The highest BCUT2D eigenvalue weighted by molar-refractivity contribution is 9.10. The molecule has 3 rings (SSSR count). The molecule has 1 aliphatic rings. The molecule has 0 spiro atoms. The predicted molar refractivity (Wildman–Crippen MR) is 71.4 cm³/mol. The summed E-state index contributed by atoms with van der Waals surface area (Å²) in [6.07, 6.45) is 0.139. The highest BCUT2D eigenvalue weighted by atomic mass is 79.9. The molecule has 2 atom stereocenters. The number of aliphatic hydroxyl groups is 1. The summed E-state index contributed by atoms with van der Waals surface area (Å²) >= 11 is 5.08. The highest BCUT2D eigenvalue weighted by Crippen LogP contribution is 2.42. The second-order valence-electron chi connectivity index (χ2n) is 4.06. The molecule has 2 nitrogen and oxygen atoms in total. The second kappa shape index (κ2) is 4.44. The van der Waals surface area contributed by atoms with E-state index in [4.69, 9.17) is 4.74 Å². The maximum absolute atomic E-state index is 10.1. The standard InChI is InChI=1S/C13H11BrO2S/c14-8-3-4-9-10(15)7-12(16-11(9)6-8)13-2-1-5-17-13/h1-6,10,12,15H,7H2/t10-,12?/m1/s1. The van der Waals surface area contributed by atoms with E-state index < -0.39 is 6.10 Å². The van der Waals surface area contributed by atoms with E-state index in [1.54, 1.807) is 11.3 Å². The van der Waals surface area contributed by atoms with Crippen molar-refractivity contribution in [2.24, 2.45) is 0 Å². The lowest BCUT2D eigenvalue weighted by molar-refractivity contribution is 0.0674. The van der Waals surface area contributed by atoms with Gasteiger partial charge in [-0.25, -0.2) is 0 Å². The Bertz CT molecular complexity index is 524. The van der Waals surface area contributed by atoms with Crippen molar-refractivity contribution in [2.45, 2.75) is 18.6 Å². The molecule has 2 aromatic rings. The monoisotopic (exact) mass is 310 g/mol. The van der Waals surface area contributed by atoms with Crippen LogP contribution in [-0.2, 0) is 0 Å². The van der Waals surface area contributed by atoms with Crippen molar-refractivity contribution in [2.75, 3.05) is 0 Å². The Morgan fingerprint density at radius 2 is 2.24 bits per heavy atom. The second-order valence-corrected chi connectivity index (χ2v) is 5.95. The molecule has 0 amide bonds. The summed E-state index contributed by atoms with van der Waals surface area (Å²) < 4.78 is 6.92. The molecule has 1 aromatic carbocycles. The average molecular weight is 311 g/mol. The maximum atomic E-state index is 10.1. The van der Waals surface area contributed by atoms with E-state index in [0.29, 0.717) is 6.42 Å². The van der Waals surface area contributed by atoms with Crippen molar-refractivity contribution < 1.29 is 9.84 Å². The SMILES string of the molecule is O[C@@H]1CC(c2cccs2)Oc2cc(Br)ccc21. The number of hydrogen-bond donors (Lipinski definition) is 1. The van der Waals surface area contributed by atoms with Gasteiger partial charge in [0.15, 0.2) is 0 Å². The first kappa shape index (κ1) is 11.3. The lowest BCUT2D eigenvalue weighted by atomic mass is 9.98. The Balaban J connectivity index is 1.97. The summed E-state index contributed by atoms with van der Waals surface area (Å²) in [4.78, 5) is 1.16. The molecule has 17 heavy (non-hydrogen) atoms. The van der Waals surface area contributed by atoms with Crippen LogP contribution in [0.25, 0.3) is 0 Å². The van der Waals surface area contributed by atoms with Gasteiger partial charge < -0.3 is 9.84 Å². The van der Waals surface area contributed by atoms with Crippen LogP contribution in [-0.4, -0.2) is 5.11 Å². The smallest absolute Gasteiger partial charge is 0.136 e. The van der Waals surface area contributed by atoms with Gasteiger partial charge in [-0.1, -0.05) is 28.1 Å². The number of ether oxygens (including phenoxy) is 1. The Morgan fingerprint density at radius 3 is 3.00 bits per heavy atom. The van der Waals surface area contributed by atoms with E-state index in [-0.39, 0.29) is 6.10 Å². The predicted octanol–water partition coefficient (Wildman–Crippen LogP) is 4.07. The van der Waals surface area contributed by atoms with Crippen LogP contribution in [0.2, 0.25) is 0 Å². The third-order valence-corrected chi connectivity index (χ3v) is 4.36. The molecule has 0 fully saturated rings. The van der Waals surface area contributed by atoms with E-state index in [1.807, 2.05) is 35.7 Å². The zero-order valence-corrected chi connectivity index (χ0v) is 11.4. The van der Waals surface area contributed by atoms with Gasteiger partial charge in [0.05, 0.1) is 6.10 Å². The summed E-state index contributed by atoms with van der Waals surface area (Å²) in [6.45, 7) is 0. The summed E-state index contributed by atoms with van der Waals surface area (Å²) in [6, 6.07) is 9.81. The van der Waals surface area contributed by atoms with Crippen molar-refractivity contribution in [1.82, 2.24) is 0 Å². The van der Waals surface area contributed by atoms with Gasteiger partial charge in [-0.3, -0.25) is 0 Å². The van der Waals surface area contributed by atoms with Crippen LogP contribution in [0.3, 0.4) is 0 Å². The van der Waals surface area contributed by atoms with E-state index in [9.17, 15) is 5.11 Å². The summed E-state index contributed by atoms with van der Waals surface area (Å²) in [7, 11) is 0. The largest absolute Gasteiger partial charge is 0.484 e. The molecule has 0 bridgehead atoms. The maximum Gasteiger partial charge on any atom is 0.136 e. The van der Waals surface area contributed by atoms with Crippen LogP contribution < -0.4 is 4.74 Å². The molecule has 2 heterocycles. The quantitative estimate of drug-likeness (QED) is 0.860. The lowest BCUT2D eigenvalue weighted by Crippen LogP contribution is -2.18. The van der Waals surface area contributed by atoms with Crippen LogP contribution in [0.15, 0.2) is 40.2 Å². The summed E-state index contributed by atoms with van der Waals surface area (Å²) in [5.41, 5.74) is 0.876. The van der Waals surface area contributed by atoms with E-state index in [2.05, 4.69) is 15.9 Å². The molecule has 0 aliphatic carbocycles. The molecule has 88 valence electrons. The number of benzene rings is 1. The number of hydrogen-bond acceptors (Lipinski definition) is 3. The topological polar surface area (TPSA) is 29.5 Å². The zero-order valence-electron chi connectivity index (χ0n) is 8.97. The third kappa shape index (κ3) is 2.12. The Morgan fingerprint density at radius 1 is 1.35 bits per heavy atom. The minimum absolute atomic E-state index is 0.0354. The molecular weight excluding hydrogens is 300 g/mol. The first-order valence-electron chi connectivity index (χ1n) is 5.41. The number of thiophene rings is 1. The molecule has 1 unspecified atom stereocenters. The first-order chi connectivity index (χ1) is 8.24. The van der Waals surface area contributed by atoms with Gasteiger partial charge in [0.25, 0.3) is 0 Å². The van der Waals surface area contributed by atoms with Crippen LogP contribution in [0, 0.1) is 0 Å². The molecule has 0 saturated carbocycles. The Hall–Kier alpha value is -0.840. The van der Waals surface area contributed by atoms with Gasteiger partial charge in [0.2, 0.25) is 0 Å². The van der Waals surface area contributed by atoms with Gasteiger partial charge in [-0.05, 0) is 23.6 Å². The van der Waals surface area contributed by atoms with Crippen LogP contribution >= 0.6 is 27.3 Å². The van der Waals surface area contributed by atoms with Gasteiger partial charge in [-0.15, -0.1) is 11.3 Å². The van der Waals surface area contributed by atoms with Crippen molar-refractivity contribution >= 4 is 27.3 Å². The van der Waals surface area contributed by atoms with E-state index >= 15 is 0 Å². The third-order valence-electron chi connectivity index (χ3n) is 2.90. The highest BCUT2D eigenvalue weighted by Gasteiger charge is 2.28. The van der Waals surface area contributed by atoms with E-state index in [0.717, 1.165) is 20.7 Å². The molecule has 1 aromatic heterocycles. The fourth-order valence-corrected chi connectivity index (χ4v) is 3.17. The molecule has 1 N–H and O–H groups in total. The van der Waals surface area contributed by atoms with Crippen molar-refractivity contribution in [1.29, 1.82) is 0 Å². The number of aliphatic hydroxyl groups excluding tert-OH is 1. The van der Waals surface area contributed by atoms with Gasteiger partial charge in [0.1, 0.15) is 11.9 Å². The number of fused-ring (bicyclic) bond motifs is 1. The number of halogens is 1. The molecule has 0 saturated heterocycles. The number of rotatable bonds is 1. The van der Waals surface area contributed by atoms with Gasteiger partial charge >= 0.3 is 0 Å². The van der Waals surface area contributed by atoms with Crippen LogP contribution in [0.4, 0.5) is 0 Å². The fourth-order valence-electron chi connectivity index (χ4n) is 2.07. The van der Waals surface area contributed by atoms with Crippen LogP contribution in [0.5, 0.6) is 5.75 Å². The lowest BCUT2D eigenvalue weighted by Gasteiger charge is -2.29. The van der Waals surface area contributed by atoms with Crippen LogP contribution in [0.1, 0.15) is 29.1 Å².